The van der Waals surface area contributed by atoms with Crippen LogP contribution in [0.2, 0.25) is 5.28 Å². The number of phenolic OH excluding ortho intramolecular Hbond substituents is 2. The third kappa shape index (κ3) is 7.83. The maximum absolute atomic E-state index is 12.4. The van der Waals surface area contributed by atoms with Gasteiger partial charge in [-0.25, -0.2) is 13.7 Å². The summed E-state index contributed by atoms with van der Waals surface area (Å²) in [4.78, 5) is 25.1. The number of halogens is 1. The van der Waals surface area contributed by atoms with Crippen LogP contribution in [0.25, 0.3) is 10.8 Å². The van der Waals surface area contributed by atoms with Crippen LogP contribution in [0.15, 0.2) is 98.7 Å². The van der Waals surface area contributed by atoms with Gasteiger partial charge in [0.1, 0.15) is 17.1 Å². The Labute approximate surface area is 286 Å². The van der Waals surface area contributed by atoms with E-state index in [0.29, 0.717) is 35.3 Å². The minimum atomic E-state index is -3.71. The van der Waals surface area contributed by atoms with Gasteiger partial charge in [0.05, 0.1) is 26.8 Å². The molecule has 0 aliphatic heterocycles. The highest BCUT2D eigenvalue weighted by molar-refractivity contribution is 7.94. The number of nitrogens with zero attached hydrogens (tertiary/aromatic N) is 7. The predicted octanol–water partition coefficient (Wildman–Crippen LogP) is 7.66. The van der Waals surface area contributed by atoms with Crippen molar-refractivity contribution in [2.75, 3.05) is 16.8 Å². The molecule has 0 aliphatic carbocycles. The number of aromatic nitrogens is 3. The molecule has 49 heavy (non-hydrogen) atoms. The van der Waals surface area contributed by atoms with Crippen molar-refractivity contribution in [1.82, 2.24) is 15.0 Å². The van der Waals surface area contributed by atoms with Crippen LogP contribution < -0.4 is 10.2 Å². The third-order valence-corrected chi connectivity index (χ3v) is 8.86. The molecule has 20 heteroatoms. The summed E-state index contributed by atoms with van der Waals surface area (Å²) >= 11 is 6.74. The molecule has 0 saturated carbocycles. The van der Waals surface area contributed by atoms with E-state index >= 15 is 0 Å². The Morgan fingerprint density at radius 2 is 1.90 bits per heavy atom. The molecule has 0 spiro atoms. The van der Waals surface area contributed by atoms with E-state index in [9.17, 15) is 28.7 Å². The number of aromatic hydroxyl groups is 2. The summed E-state index contributed by atoms with van der Waals surface area (Å²) < 4.78 is 29.3. The van der Waals surface area contributed by atoms with Crippen LogP contribution >= 0.6 is 23.6 Å². The zero-order chi connectivity index (χ0) is 35.3. The molecular weight excluding hydrogens is 704 g/mol. The molecule has 17 nitrogen and oxygen atoms in total. The lowest BCUT2D eigenvalue weighted by atomic mass is 10.1. The van der Waals surface area contributed by atoms with Crippen molar-refractivity contribution in [3.8, 4) is 11.5 Å². The number of fused-ring (bicyclic) bond motifs is 1. The summed E-state index contributed by atoms with van der Waals surface area (Å²) in [5.41, 5.74) is 0.0560. The van der Waals surface area contributed by atoms with Gasteiger partial charge < -0.3 is 20.4 Å². The number of sulfone groups is 1. The fourth-order valence-electron chi connectivity index (χ4n) is 4.45. The fraction of sp³-hybridized carbons (Fsp3) is 0.0690. The van der Waals surface area contributed by atoms with Crippen molar-refractivity contribution >= 4 is 84.6 Å². The van der Waals surface area contributed by atoms with Crippen LogP contribution in [0.5, 0.6) is 11.5 Å². The highest BCUT2D eigenvalue weighted by atomic mass is 35.5. The largest absolute Gasteiger partial charge is 0.506 e. The molecule has 4 aromatic carbocycles. The molecule has 4 N–H and O–H groups in total. The number of phenols is 2. The van der Waals surface area contributed by atoms with Crippen molar-refractivity contribution in [1.29, 1.82) is 0 Å². The standard InChI is InChI=1S/C29H23ClN8O9S2/c1-3-37(18-6-5-7-20(14-18)49(44,45)4-2)29-33-27(30)32-28(34-29)31-17-9-8-16-12-24(48-47-46-43)25(26(40)21(16)13-17)36-35-22-15-19(38(41)42)10-11-23(22)39/h4-15,39-40,43H,2-3H2,1H3,(H,31,32,33,34). The number of hydrogen-bond acceptors (Lipinski definition) is 17. The number of nitro groups is 1. The lowest BCUT2D eigenvalue weighted by Gasteiger charge is -2.22. The van der Waals surface area contributed by atoms with Crippen LogP contribution in [0.1, 0.15) is 6.92 Å². The monoisotopic (exact) mass is 726 g/mol. The number of rotatable bonds is 13. The van der Waals surface area contributed by atoms with E-state index in [0.717, 1.165) is 23.6 Å². The van der Waals surface area contributed by atoms with Crippen LogP contribution in [0, 0.1) is 10.1 Å². The van der Waals surface area contributed by atoms with Crippen molar-refractivity contribution in [3.63, 3.8) is 0 Å². The van der Waals surface area contributed by atoms with Gasteiger partial charge in [0, 0.05) is 40.8 Å². The lowest BCUT2D eigenvalue weighted by Crippen LogP contribution is -2.20. The van der Waals surface area contributed by atoms with Crippen LogP contribution in [0.3, 0.4) is 0 Å². The number of nitrogens with one attached hydrogen (secondary N) is 1. The van der Waals surface area contributed by atoms with Gasteiger partial charge in [-0.15, -0.1) is 14.6 Å². The van der Waals surface area contributed by atoms with E-state index in [1.54, 1.807) is 29.2 Å². The summed E-state index contributed by atoms with van der Waals surface area (Å²) in [6.07, 6.45) is 0. The Hall–Kier alpha value is -5.44. The molecule has 0 fully saturated rings. The first-order valence-corrected chi connectivity index (χ1v) is 16.4. The number of nitro benzene ring substituents is 1. The molecule has 0 unspecified atom stereocenters. The molecule has 0 radical (unpaired) electrons. The summed E-state index contributed by atoms with van der Waals surface area (Å²) in [7, 11) is -3.71. The first-order chi connectivity index (χ1) is 23.4. The topological polar surface area (TPSA) is 235 Å². The minimum Gasteiger partial charge on any atom is -0.506 e. The summed E-state index contributed by atoms with van der Waals surface area (Å²) in [6, 6.07) is 15.6. The number of benzene rings is 4. The van der Waals surface area contributed by atoms with Gasteiger partial charge in [0.25, 0.3) is 5.69 Å². The second-order valence-corrected chi connectivity index (χ2v) is 12.6. The molecule has 5 rings (SSSR count). The SMILES string of the molecule is C=CS(=O)(=O)c1cccc(N(CC)c2nc(Cl)nc(Nc3ccc4cc(SOOO)c(N=Nc5cc([N+](=O)[O-])ccc5O)c(O)c4c3)n2)c1. The molecule has 1 aromatic heterocycles. The van der Waals surface area contributed by atoms with E-state index in [1.807, 2.05) is 6.92 Å². The highest BCUT2D eigenvalue weighted by Crippen LogP contribution is 2.45. The third-order valence-electron chi connectivity index (χ3n) is 6.72. The zero-order valence-corrected chi connectivity index (χ0v) is 27.3. The van der Waals surface area contributed by atoms with Gasteiger partial charge in [-0.1, -0.05) is 23.7 Å². The van der Waals surface area contributed by atoms with Crippen molar-refractivity contribution in [3.05, 3.63) is 94.1 Å². The van der Waals surface area contributed by atoms with Crippen molar-refractivity contribution in [2.45, 2.75) is 16.7 Å². The number of hydrogen-bond donors (Lipinski definition) is 4. The second kappa shape index (κ2) is 14.8. The van der Waals surface area contributed by atoms with Gasteiger partial charge in [-0.3, -0.25) is 10.1 Å². The highest BCUT2D eigenvalue weighted by Gasteiger charge is 2.19. The van der Waals surface area contributed by atoms with Gasteiger partial charge in [0.2, 0.25) is 17.2 Å². The Kier molecular flexibility index (Phi) is 10.5. The smallest absolute Gasteiger partial charge is 0.271 e. The lowest BCUT2D eigenvalue weighted by molar-refractivity contribution is -0.432. The van der Waals surface area contributed by atoms with Crippen molar-refractivity contribution < 1.29 is 38.2 Å². The average molecular weight is 727 g/mol. The first kappa shape index (κ1) is 34.9. The average Bonchev–Trinajstić information content (AvgIpc) is 3.08. The van der Waals surface area contributed by atoms with E-state index < -0.39 is 26.3 Å². The maximum atomic E-state index is 12.4. The van der Waals surface area contributed by atoms with E-state index in [2.05, 4.69) is 46.4 Å². The van der Waals surface area contributed by atoms with Gasteiger partial charge in [-0.2, -0.15) is 15.0 Å². The Bertz CT molecular complexity index is 2220. The number of azo groups is 1. The Morgan fingerprint density at radius 3 is 2.61 bits per heavy atom. The van der Waals surface area contributed by atoms with Crippen LogP contribution in [-0.4, -0.2) is 50.3 Å². The zero-order valence-electron chi connectivity index (χ0n) is 25.0. The first-order valence-electron chi connectivity index (χ1n) is 13.7. The summed E-state index contributed by atoms with van der Waals surface area (Å²) in [5.74, 6) is -0.693. The predicted molar refractivity (Wildman–Crippen MR) is 180 cm³/mol. The number of anilines is 4. The van der Waals surface area contributed by atoms with Crippen LogP contribution in [0.4, 0.5) is 40.3 Å². The Morgan fingerprint density at radius 1 is 1.10 bits per heavy atom. The number of non-ortho nitro benzene ring substituents is 1. The molecule has 5 aromatic rings. The van der Waals surface area contributed by atoms with Crippen LogP contribution in [-0.2, 0) is 19.2 Å². The fourth-order valence-corrected chi connectivity index (χ4v) is 5.85. The molecule has 0 amide bonds. The molecule has 0 atom stereocenters. The van der Waals surface area contributed by atoms with E-state index in [4.69, 9.17) is 16.9 Å². The van der Waals surface area contributed by atoms with E-state index in [-0.39, 0.29) is 49.4 Å². The van der Waals surface area contributed by atoms with Gasteiger partial charge in [-0.05, 0) is 66.4 Å². The van der Waals surface area contributed by atoms with Crippen molar-refractivity contribution in [2.24, 2.45) is 10.2 Å². The molecule has 252 valence electrons. The molecule has 0 saturated heterocycles. The van der Waals surface area contributed by atoms with Gasteiger partial charge in [0.15, 0.2) is 15.6 Å². The summed E-state index contributed by atoms with van der Waals surface area (Å²) in [5, 5.41) is 57.3. The minimum absolute atomic E-state index is 0.0175. The van der Waals surface area contributed by atoms with E-state index in [1.165, 1.54) is 24.3 Å². The summed E-state index contributed by atoms with van der Waals surface area (Å²) in [6.45, 7) is 5.51. The Balaban J connectivity index is 1.52. The second-order valence-electron chi connectivity index (χ2n) is 9.67. The molecule has 0 aliphatic rings. The van der Waals surface area contributed by atoms with Gasteiger partial charge >= 0.3 is 0 Å². The molecule has 0 bridgehead atoms. The molecular formula is C29H23ClN8O9S2. The normalized spacial score (nSPS) is 11.6. The quantitative estimate of drug-likeness (QED) is 0.0299. The maximum Gasteiger partial charge on any atom is 0.271 e. The molecule has 1 heterocycles.